The first kappa shape index (κ1) is 27.3. The van der Waals surface area contributed by atoms with Crippen molar-refractivity contribution in [1.29, 1.82) is 0 Å². The molecular weight excluding hydrogens is 482 g/mol. The number of nitrogens with two attached hydrogens (primary N) is 1. The van der Waals surface area contributed by atoms with Crippen LogP contribution in [0.15, 0.2) is 18.5 Å². The summed E-state index contributed by atoms with van der Waals surface area (Å²) in [6, 6.07) is 0.0363. The third-order valence-corrected chi connectivity index (χ3v) is 17.2. The molecule has 2 aromatic heterocycles. The van der Waals surface area contributed by atoms with Crippen molar-refractivity contribution in [2.45, 2.75) is 96.4 Å². The zero-order valence-electron chi connectivity index (χ0n) is 22.4. The fourth-order valence-electron chi connectivity index (χ4n) is 3.61. The Labute approximate surface area is 211 Å². The maximum Gasteiger partial charge on any atom is 0.223 e. The van der Waals surface area contributed by atoms with Crippen molar-refractivity contribution in [2.24, 2.45) is 5.92 Å². The number of aromatic nitrogens is 4. The van der Waals surface area contributed by atoms with Crippen LogP contribution in [0.25, 0.3) is 11.2 Å². The number of nitrogen functional groups attached to an aromatic ring is 1. The number of anilines is 1. The molecule has 0 spiro atoms. The van der Waals surface area contributed by atoms with E-state index in [1.807, 2.05) is 4.57 Å². The van der Waals surface area contributed by atoms with Crippen molar-refractivity contribution in [3.63, 3.8) is 0 Å². The van der Waals surface area contributed by atoms with Gasteiger partial charge in [-0.3, -0.25) is 0 Å². The van der Waals surface area contributed by atoms with Gasteiger partial charge in [-0.05, 0) is 42.7 Å². The predicted octanol–water partition coefficient (Wildman–Crippen LogP) is 6.59. The van der Waals surface area contributed by atoms with E-state index in [1.54, 1.807) is 6.33 Å². The lowest BCUT2D eigenvalue weighted by Crippen LogP contribution is -2.49. The van der Waals surface area contributed by atoms with E-state index in [4.69, 9.17) is 26.2 Å². The van der Waals surface area contributed by atoms with Gasteiger partial charge in [0.25, 0.3) is 0 Å². The van der Waals surface area contributed by atoms with Gasteiger partial charge in [-0.15, -0.1) is 0 Å². The topological polar surface area (TPSA) is 88.1 Å². The van der Waals surface area contributed by atoms with Crippen LogP contribution in [-0.2, 0) is 8.85 Å². The van der Waals surface area contributed by atoms with Gasteiger partial charge in [0, 0.05) is 12.5 Å². The van der Waals surface area contributed by atoms with Gasteiger partial charge in [0.15, 0.2) is 27.4 Å². The molecule has 0 saturated carbocycles. The lowest BCUT2D eigenvalue weighted by atomic mass is 9.90. The number of halogens is 1. The molecule has 0 radical (unpaired) electrons. The van der Waals surface area contributed by atoms with E-state index in [-0.39, 0.29) is 39.2 Å². The van der Waals surface area contributed by atoms with Gasteiger partial charge in [0.1, 0.15) is 5.52 Å². The first-order valence-corrected chi connectivity index (χ1v) is 18.3. The Bertz CT molecular complexity index is 1060. The molecule has 0 aromatic carbocycles. The van der Waals surface area contributed by atoms with Crippen LogP contribution in [0.3, 0.4) is 0 Å². The van der Waals surface area contributed by atoms with Crippen molar-refractivity contribution in [2.75, 3.05) is 12.3 Å². The summed E-state index contributed by atoms with van der Waals surface area (Å²) in [5.41, 5.74) is 7.09. The largest absolute Gasteiger partial charge is 0.416 e. The highest BCUT2D eigenvalue weighted by molar-refractivity contribution is 6.74. The zero-order valence-corrected chi connectivity index (χ0v) is 25.2. The zero-order chi connectivity index (χ0) is 25.7. The molecule has 2 aromatic rings. The van der Waals surface area contributed by atoms with Gasteiger partial charge in [0.05, 0.1) is 18.5 Å². The average molecular weight is 524 g/mol. The lowest BCUT2D eigenvalue weighted by molar-refractivity contribution is 0.0807. The Kier molecular flexibility index (Phi) is 7.48. The van der Waals surface area contributed by atoms with Gasteiger partial charge in [-0.2, -0.15) is 9.97 Å². The van der Waals surface area contributed by atoms with Crippen molar-refractivity contribution in [1.82, 2.24) is 19.5 Å². The van der Waals surface area contributed by atoms with Gasteiger partial charge in [-0.1, -0.05) is 65.3 Å². The van der Waals surface area contributed by atoms with E-state index in [9.17, 15) is 0 Å². The molecule has 0 saturated heterocycles. The minimum absolute atomic E-state index is 0.0350. The number of rotatable bonds is 6. The molecule has 1 aliphatic rings. The number of allylic oxidation sites excluding steroid dienone is 1. The van der Waals surface area contributed by atoms with Crippen LogP contribution in [0.4, 0.5) is 5.95 Å². The standard InChI is InChI=1S/C24H42ClN5O2Si2/c1-23(2,3)33(7,8)31-14-16-11-12-17(13-18(16)32-34(9,10)24(4,5)6)30-15-27-19-20(25)28-22(26)29-21(19)30/h11-12,15-18H,13-14H2,1-10H3,(H2,26,28,29)/t16-,17-,18+/m1/s1. The van der Waals surface area contributed by atoms with Gasteiger partial charge in [-0.25, -0.2) is 4.98 Å². The number of imidazole rings is 1. The predicted molar refractivity (Wildman–Crippen MR) is 146 cm³/mol. The maximum atomic E-state index is 7.00. The normalized spacial score (nSPS) is 22.5. The van der Waals surface area contributed by atoms with Gasteiger partial charge >= 0.3 is 0 Å². The molecule has 3 atom stereocenters. The third-order valence-electron chi connectivity index (χ3n) is 7.98. The summed E-state index contributed by atoms with van der Waals surface area (Å²) in [4.78, 5) is 12.9. The Morgan fingerprint density at radius 2 is 1.65 bits per heavy atom. The van der Waals surface area contributed by atoms with Crippen LogP contribution in [-0.4, -0.2) is 48.9 Å². The molecule has 2 heterocycles. The molecule has 2 N–H and O–H groups in total. The summed E-state index contributed by atoms with van der Waals surface area (Å²) in [5.74, 6) is 0.339. The van der Waals surface area contributed by atoms with Crippen LogP contribution < -0.4 is 5.73 Å². The number of fused-ring (bicyclic) bond motifs is 1. The molecule has 0 aliphatic heterocycles. The number of nitrogens with zero attached hydrogens (tertiary/aromatic N) is 4. The van der Waals surface area contributed by atoms with Crippen LogP contribution in [0, 0.1) is 5.92 Å². The highest BCUT2D eigenvalue weighted by Gasteiger charge is 2.43. The fourth-order valence-corrected chi connectivity index (χ4v) is 6.25. The second-order valence-corrected chi connectivity index (χ2v) is 22.5. The minimum Gasteiger partial charge on any atom is -0.416 e. The maximum absolute atomic E-state index is 7.00. The smallest absolute Gasteiger partial charge is 0.223 e. The highest BCUT2D eigenvalue weighted by atomic mass is 35.5. The van der Waals surface area contributed by atoms with Crippen molar-refractivity contribution >= 4 is 45.3 Å². The summed E-state index contributed by atoms with van der Waals surface area (Å²) < 4.78 is 15.7. The van der Waals surface area contributed by atoms with Crippen molar-refractivity contribution in [3.05, 3.63) is 23.6 Å². The van der Waals surface area contributed by atoms with Gasteiger partial charge in [0.2, 0.25) is 5.95 Å². The molecule has 7 nitrogen and oxygen atoms in total. The van der Waals surface area contributed by atoms with E-state index in [0.717, 1.165) is 6.42 Å². The van der Waals surface area contributed by atoms with E-state index < -0.39 is 16.6 Å². The molecule has 34 heavy (non-hydrogen) atoms. The lowest BCUT2D eigenvalue weighted by Gasteiger charge is -2.44. The summed E-state index contributed by atoms with van der Waals surface area (Å²) >= 11 is 6.27. The number of hydrogen-bond donors (Lipinski definition) is 1. The SMILES string of the molecule is CC(C)(C)[Si](C)(C)OC[C@H]1C=C[C@@H](n2cnc3c(Cl)nc(N)nc32)C[C@@H]1O[Si](C)(C)C(C)(C)C. The van der Waals surface area contributed by atoms with E-state index in [0.29, 0.717) is 17.8 Å². The monoisotopic (exact) mass is 523 g/mol. The van der Waals surface area contributed by atoms with Crippen LogP contribution in [0.1, 0.15) is 54.0 Å². The van der Waals surface area contributed by atoms with Crippen molar-refractivity contribution < 1.29 is 8.85 Å². The average Bonchev–Trinajstić information content (AvgIpc) is 3.09. The number of hydrogen-bond acceptors (Lipinski definition) is 6. The van der Waals surface area contributed by atoms with E-state index in [2.05, 4.69) is 94.8 Å². The molecule has 10 heteroatoms. The highest BCUT2D eigenvalue weighted by Crippen LogP contribution is 2.42. The fraction of sp³-hybridized carbons (Fsp3) is 0.708. The third kappa shape index (κ3) is 5.59. The van der Waals surface area contributed by atoms with Crippen LogP contribution >= 0.6 is 11.6 Å². The first-order chi connectivity index (χ1) is 15.4. The second kappa shape index (κ2) is 9.31. The van der Waals surface area contributed by atoms with E-state index >= 15 is 0 Å². The molecule has 0 amide bonds. The summed E-state index contributed by atoms with van der Waals surface area (Å²) in [5, 5.41) is 0.555. The van der Waals surface area contributed by atoms with Crippen LogP contribution in [0.2, 0.25) is 41.4 Å². The summed E-state index contributed by atoms with van der Waals surface area (Å²) in [7, 11) is -3.87. The second-order valence-electron chi connectivity index (χ2n) is 12.5. The molecule has 3 rings (SSSR count). The van der Waals surface area contributed by atoms with Gasteiger partial charge < -0.3 is 19.2 Å². The quantitative estimate of drug-likeness (QED) is 0.261. The summed E-state index contributed by atoms with van der Waals surface area (Å²) in [6.07, 6.45) is 7.10. The Morgan fingerprint density at radius 3 is 2.24 bits per heavy atom. The molecule has 0 unspecified atom stereocenters. The molecular formula is C24H42ClN5O2Si2. The molecule has 0 bridgehead atoms. The Hall–Kier alpha value is -1.27. The van der Waals surface area contributed by atoms with Crippen LogP contribution in [0.5, 0.6) is 0 Å². The minimum atomic E-state index is -2.00. The Balaban J connectivity index is 1.93. The molecule has 1 aliphatic carbocycles. The first-order valence-electron chi connectivity index (χ1n) is 12.1. The molecule has 0 fully saturated rings. The Morgan fingerprint density at radius 1 is 1.03 bits per heavy atom. The van der Waals surface area contributed by atoms with Crippen molar-refractivity contribution in [3.8, 4) is 0 Å². The molecule has 190 valence electrons. The van der Waals surface area contributed by atoms with E-state index in [1.165, 1.54) is 0 Å². The summed E-state index contributed by atoms with van der Waals surface area (Å²) in [6.45, 7) is 23.6.